The van der Waals surface area contributed by atoms with Gasteiger partial charge in [0.15, 0.2) is 28.5 Å². The number of esters is 1. The quantitative estimate of drug-likeness (QED) is 0.122. The Hall–Kier alpha value is -6.21. The average molecular weight is 603 g/mol. The van der Waals surface area contributed by atoms with Crippen molar-refractivity contribution in [3.63, 3.8) is 0 Å². The number of benzene rings is 6. The first-order valence-corrected chi connectivity index (χ1v) is 14.7. The standard InChI is InChI=1S/C39H22O7/c1-45-29-18-26-31-24(34(29)41)14-12-23(20-10-6-3-7-11-20)33(31)37(43)39(26)27-16-21-17-28(40)35(42)32-22(19-8-4-2-5-9-19)13-15-25(30(21)32)36(27)46-38(39)44/h2-18,40-41H,1H3/t39-/m1/s1. The van der Waals surface area contributed by atoms with Crippen LogP contribution in [0.4, 0.5) is 0 Å². The molecule has 6 aromatic carbocycles. The van der Waals surface area contributed by atoms with Gasteiger partial charge in [-0.25, -0.2) is 4.79 Å². The Morgan fingerprint density at radius 3 is 1.98 bits per heavy atom. The second kappa shape index (κ2) is 8.92. The number of hydrogen-bond acceptors (Lipinski definition) is 7. The van der Waals surface area contributed by atoms with Crippen LogP contribution in [-0.2, 0) is 10.2 Å². The third-order valence-corrected chi connectivity index (χ3v) is 9.54. The van der Waals surface area contributed by atoms with Crippen LogP contribution in [0.25, 0.3) is 49.9 Å². The Bertz CT molecular complexity index is 2440. The first-order chi connectivity index (χ1) is 22.4. The van der Waals surface area contributed by atoms with Crippen molar-refractivity contribution in [2.45, 2.75) is 5.41 Å². The molecule has 1 spiro atoms. The normalized spacial score (nSPS) is 17.5. The minimum Gasteiger partial charge on any atom is -0.504 e. The van der Waals surface area contributed by atoms with E-state index in [9.17, 15) is 19.8 Å². The highest BCUT2D eigenvalue weighted by Gasteiger charge is 2.62. The fraction of sp³-hybridized carbons (Fsp3) is 0.0513. The lowest BCUT2D eigenvalue weighted by Gasteiger charge is -2.23. The number of ether oxygens (including phenoxy) is 2. The Balaban J connectivity index is 1.40. The summed E-state index contributed by atoms with van der Waals surface area (Å²) in [5.41, 5.74) is 2.58. The lowest BCUT2D eigenvalue weighted by molar-refractivity contribution is -0.135. The molecule has 1 heterocycles. The first-order valence-electron chi connectivity index (χ1n) is 14.7. The molecule has 0 unspecified atom stereocenters. The summed E-state index contributed by atoms with van der Waals surface area (Å²) < 4.78 is 11.6. The van der Waals surface area contributed by atoms with Crippen molar-refractivity contribution in [1.29, 1.82) is 0 Å². The summed E-state index contributed by atoms with van der Waals surface area (Å²) in [7, 11) is 1.41. The molecule has 7 nitrogen and oxygen atoms in total. The molecule has 0 radical (unpaired) electrons. The molecule has 7 heteroatoms. The molecular weight excluding hydrogens is 580 g/mol. The molecule has 0 amide bonds. The zero-order valence-electron chi connectivity index (χ0n) is 24.3. The molecule has 1 aliphatic heterocycles. The number of aliphatic hydroxyl groups excluding tert-OH is 1. The largest absolute Gasteiger partial charge is 0.504 e. The minimum atomic E-state index is -1.92. The van der Waals surface area contributed by atoms with Crippen LogP contribution in [0, 0.1) is 0 Å². The van der Waals surface area contributed by atoms with Gasteiger partial charge in [-0.15, -0.1) is 0 Å². The molecule has 2 N–H and O–H groups in total. The average Bonchev–Trinajstić information content (AvgIpc) is 3.53. The fourth-order valence-electron chi connectivity index (χ4n) is 7.56. The lowest BCUT2D eigenvalue weighted by atomic mass is 9.72. The summed E-state index contributed by atoms with van der Waals surface area (Å²) >= 11 is 0. The SMILES string of the molecule is COc1cc2c3c(c(-c4ccccc4)ccc3c1O)C(=O)[C@@]21C(=O)Oc2c1cc1c3c(c(-c4ccccc4)ccc23)C(=O)C(O)=C1. The van der Waals surface area contributed by atoms with Crippen LogP contribution in [0.3, 0.4) is 0 Å². The first kappa shape index (κ1) is 26.2. The second-order valence-electron chi connectivity index (χ2n) is 11.7. The highest BCUT2D eigenvalue weighted by Crippen LogP contribution is 2.59. The molecule has 0 aromatic heterocycles. The van der Waals surface area contributed by atoms with Gasteiger partial charge in [0.2, 0.25) is 5.78 Å². The Kier molecular flexibility index (Phi) is 5.09. The molecule has 0 saturated heterocycles. The summed E-state index contributed by atoms with van der Waals surface area (Å²) in [6.07, 6.45) is 1.37. The Morgan fingerprint density at radius 1 is 0.696 bits per heavy atom. The van der Waals surface area contributed by atoms with Crippen molar-refractivity contribution < 1.29 is 34.1 Å². The number of aromatic hydroxyl groups is 1. The van der Waals surface area contributed by atoms with Gasteiger partial charge in [0, 0.05) is 38.2 Å². The number of phenolic OH excluding ortho intramolecular Hbond substituents is 1. The van der Waals surface area contributed by atoms with Gasteiger partial charge in [0.25, 0.3) is 0 Å². The third kappa shape index (κ3) is 3.04. The summed E-state index contributed by atoms with van der Waals surface area (Å²) in [5.74, 6) is -2.13. The van der Waals surface area contributed by atoms with Gasteiger partial charge in [-0.1, -0.05) is 72.8 Å². The van der Waals surface area contributed by atoms with E-state index >= 15 is 4.79 Å². The number of Topliss-reactive ketones (excluding diaryl/α,β-unsaturated/α-hetero) is 2. The molecule has 0 fully saturated rings. The van der Waals surface area contributed by atoms with Gasteiger partial charge < -0.3 is 19.7 Å². The lowest BCUT2D eigenvalue weighted by Crippen LogP contribution is -2.40. The predicted octanol–water partition coefficient (Wildman–Crippen LogP) is 7.54. The number of rotatable bonds is 3. The van der Waals surface area contributed by atoms with Gasteiger partial charge >= 0.3 is 5.97 Å². The molecule has 3 aliphatic rings. The van der Waals surface area contributed by atoms with Crippen LogP contribution in [0.5, 0.6) is 17.2 Å². The van der Waals surface area contributed by atoms with E-state index in [-0.39, 0.29) is 17.2 Å². The third-order valence-electron chi connectivity index (χ3n) is 9.54. The maximum atomic E-state index is 15.0. The van der Waals surface area contributed by atoms with Crippen LogP contribution in [0.1, 0.15) is 37.4 Å². The number of carbonyl (C=O) groups is 3. The van der Waals surface area contributed by atoms with Crippen molar-refractivity contribution in [3.05, 3.63) is 131 Å². The molecule has 1 atom stereocenters. The zero-order chi connectivity index (χ0) is 31.5. The summed E-state index contributed by atoms with van der Waals surface area (Å²) in [4.78, 5) is 42.9. The molecule has 2 aliphatic carbocycles. The Morgan fingerprint density at radius 2 is 1.33 bits per heavy atom. The van der Waals surface area contributed by atoms with E-state index in [4.69, 9.17) is 9.47 Å². The maximum Gasteiger partial charge on any atom is 0.334 e. The predicted molar refractivity (Wildman–Crippen MR) is 173 cm³/mol. The zero-order valence-corrected chi connectivity index (χ0v) is 24.3. The van der Waals surface area contributed by atoms with Crippen molar-refractivity contribution in [2.75, 3.05) is 7.11 Å². The van der Waals surface area contributed by atoms with Crippen molar-refractivity contribution in [1.82, 2.24) is 0 Å². The summed E-state index contributed by atoms with van der Waals surface area (Å²) in [6, 6.07) is 29.0. The van der Waals surface area contributed by atoms with Gasteiger partial charge in [-0.3, -0.25) is 9.59 Å². The highest BCUT2D eigenvalue weighted by atomic mass is 16.5. The molecule has 220 valence electrons. The van der Waals surface area contributed by atoms with Crippen LogP contribution < -0.4 is 9.47 Å². The van der Waals surface area contributed by atoms with E-state index in [1.807, 2.05) is 60.7 Å². The van der Waals surface area contributed by atoms with E-state index in [0.717, 1.165) is 11.1 Å². The number of methoxy groups -OCH3 is 1. The summed E-state index contributed by atoms with van der Waals surface area (Å²) in [6.45, 7) is 0. The molecular formula is C39H22O7. The van der Waals surface area contributed by atoms with E-state index < -0.39 is 28.7 Å². The van der Waals surface area contributed by atoms with Crippen molar-refractivity contribution in [2.24, 2.45) is 0 Å². The summed E-state index contributed by atoms with van der Waals surface area (Å²) in [5, 5.41) is 23.9. The van der Waals surface area contributed by atoms with E-state index in [2.05, 4.69) is 0 Å². The van der Waals surface area contributed by atoms with E-state index in [0.29, 0.717) is 60.5 Å². The second-order valence-corrected chi connectivity index (χ2v) is 11.7. The number of phenols is 1. The number of carbonyl (C=O) groups excluding carboxylic acids is 3. The number of fused-ring (bicyclic) bond motifs is 4. The van der Waals surface area contributed by atoms with Crippen LogP contribution >= 0.6 is 0 Å². The van der Waals surface area contributed by atoms with Crippen LogP contribution in [0.2, 0.25) is 0 Å². The van der Waals surface area contributed by atoms with Crippen LogP contribution in [0.15, 0.2) is 103 Å². The number of hydrogen-bond donors (Lipinski definition) is 2. The van der Waals surface area contributed by atoms with Gasteiger partial charge in [-0.05, 0) is 63.7 Å². The maximum absolute atomic E-state index is 15.0. The molecule has 9 rings (SSSR count). The van der Waals surface area contributed by atoms with Gasteiger partial charge in [0.05, 0.1) is 7.11 Å². The molecule has 6 aromatic rings. The topological polar surface area (TPSA) is 110 Å². The smallest absolute Gasteiger partial charge is 0.334 e. The molecule has 0 saturated carbocycles. The van der Waals surface area contributed by atoms with Gasteiger partial charge in [-0.2, -0.15) is 0 Å². The number of allylic oxidation sites excluding steroid dienone is 1. The van der Waals surface area contributed by atoms with Crippen molar-refractivity contribution in [3.8, 4) is 39.5 Å². The van der Waals surface area contributed by atoms with Crippen molar-refractivity contribution >= 4 is 45.2 Å². The van der Waals surface area contributed by atoms with Gasteiger partial charge in [0.1, 0.15) is 5.75 Å². The van der Waals surface area contributed by atoms with E-state index in [1.165, 1.54) is 19.3 Å². The minimum absolute atomic E-state index is 0.108. The Labute approximate surface area is 261 Å². The fourth-order valence-corrected chi connectivity index (χ4v) is 7.56. The monoisotopic (exact) mass is 602 g/mol. The number of ketones is 2. The van der Waals surface area contributed by atoms with E-state index in [1.54, 1.807) is 30.3 Å². The molecule has 0 bridgehead atoms. The van der Waals surface area contributed by atoms with Crippen LogP contribution in [-0.4, -0.2) is 34.9 Å². The molecule has 46 heavy (non-hydrogen) atoms. The highest BCUT2D eigenvalue weighted by molar-refractivity contribution is 6.36. The number of aliphatic hydroxyl groups is 1.